The summed E-state index contributed by atoms with van der Waals surface area (Å²) in [7, 11) is 0. The second-order valence-electron chi connectivity index (χ2n) is 8.05. The minimum absolute atomic E-state index is 0.0723. The number of urea groups is 1. The van der Waals surface area contributed by atoms with E-state index in [1.807, 2.05) is 52.8 Å². The summed E-state index contributed by atoms with van der Waals surface area (Å²) in [4.78, 5) is 16.0. The first-order valence-corrected chi connectivity index (χ1v) is 10.5. The van der Waals surface area contributed by atoms with Crippen LogP contribution in [0.15, 0.2) is 18.2 Å². The van der Waals surface area contributed by atoms with Crippen LogP contribution in [0.4, 0.5) is 16.2 Å². The molecular weight excluding hydrogens is 406 g/mol. The van der Waals surface area contributed by atoms with E-state index in [1.54, 1.807) is 4.90 Å². The second kappa shape index (κ2) is 9.49. The van der Waals surface area contributed by atoms with Crippen molar-refractivity contribution >= 4 is 17.4 Å². The van der Waals surface area contributed by atoms with Gasteiger partial charge in [-0.1, -0.05) is 12.1 Å². The molecule has 0 unspecified atom stereocenters. The number of amides is 2. The van der Waals surface area contributed by atoms with Crippen LogP contribution in [0.3, 0.4) is 0 Å². The van der Waals surface area contributed by atoms with Crippen LogP contribution < -0.4 is 10.2 Å². The van der Waals surface area contributed by atoms with Crippen LogP contribution in [-0.2, 0) is 0 Å². The molecule has 32 heavy (non-hydrogen) atoms. The highest BCUT2D eigenvalue weighted by atomic mass is 16.4. The van der Waals surface area contributed by atoms with Crippen molar-refractivity contribution < 1.29 is 10.0 Å². The third-order valence-corrected chi connectivity index (χ3v) is 5.99. The lowest BCUT2D eigenvalue weighted by atomic mass is 9.95. The molecule has 1 fully saturated rings. The van der Waals surface area contributed by atoms with Gasteiger partial charge in [-0.05, 0) is 68.5 Å². The lowest BCUT2D eigenvalue weighted by Crippen LogP contribution is -2.36. The van der Waals surface area contributed by atoms with E-state index in [-0.39, 0.29) is 6.03 Å². The molecule has 0 aromatic heterocycles. The molecule has 1 aliphatic rings. The van der Waals surface area contributed by atoms with E-state index in [4.69, 9.17) is 5.21 Å². The zero-order chi connectivity index (χ0) is 23.4. The quantitative estimate of drug-likeness (QED) is 0.671. The molecule has 0 saturated carbocycles. The average Bonchev–Trinajstić information content (AvgIpc) is 3.16. The Balaban J connectivity index is 2.19. The second-order valence-corrected chi connectivity index (χ2v) is 8.05. The van der Waals surface area contributed by atoms with Crippen molar-refractivity contribution in [3.63, 3.8) is 0 Å². The molecule has 0 spiro atoms. The maximum absolute atomic E-state index is 12.1. The molecule has 0 aliphatic carbocycles. The summed E-state index contributed by atoms with van der Waals surface area (Å²) in [6, 6.07) is 11.2. The van der Waals surface area contributed by atoms with Gasteiger partial charge in [-0.15, -0.1) is 0 Å². The Bertz CT molecular complexity index is 1180. The van der Waals surface area contributed by atoms with Crippen LogP contribution in [-0.4, -0.2) is 42.3 Å². The first-order valence-electron chi connectivity index (χ1n) is 10.5. The maximum atomic E-state index is 12.1. The number of carbonyl (C=O) groups is 1. The number of hydrogen-bond donors (Lipinski definition) is 2. The minimum atomic E-state index is -0.0723. The van der Waals surface area contributed by atoms with Gasteiger partial charge in [-0.3, -0.25) is 0 Å². The highest BCUT2D eigenvalue weighted by Crippen LogP contribution is 2.37. The third-order valence-electron chi connectivity index (χ3n) is 5.99. The normalized spacial score (nSPS) is 12.5. The maximum Gasteiger partial charge on any atom is 0.388 e. The van der Waals surface area contributed by atoms with Crippen LogP contribution >= 0.6 is 0 Å². The van der Waals surface area contributed by atoms with E-state index in [9.17, 15) is 10.0 Å². The number of hydrogen-bond acceptors (Lipinski definition) is 4. The molecule has 2 aromatic carbocycles. The zero-order valence-corrected chi connectivity index (χ0v) is 19.1. The van der Waals surface area contributed by atoms with Crippen LogP contribution in [0.25, 0.3) is 10.0 Å². The van der Waals surface area contributed by atoms with Crippen LogP contribution in [0.5, 0.6) is 0 Å². The molecule has 166 valence electrons. The Morgan fingerprint density at radius 2 is 1.81 bits per heavy atom. The largest absolute Gasteiger partial charge is 0.498 e. The average molecular weight is 435 g/mol. The van der Waals surface area contributed by atoms with E-state index < -0.39 is 0 Å². The van der Waals surface area contributed by atoms with Gasteiger partial charge < -0.3 is 20.3 Å². The number of anilines is 2. The molecule has 1 saturated heterocycles. The number of rotatable bonds is 5. The number of aryl methyl sites for hydroxylation is 3. The van der Waals surface area contributed by atoms with Crippen molar-refractivity contribution in [2.75, 3.05) is 31.1 Å². The van der Waals surface area contributed by atoms with Gasteiger partial charge in [0, 0.05) is 42.6 Å². The first-order chi connectivity index (χ1) is 15.3. The highest BCUT2D eigenvalue weighted by molar-refractivity contribution is 5.78. The third kappa shape index (κ3) is 4.26. The predicted octanol–water partition coefficient (Wildman–Crippen LogP) is 4.64. The summed E-state index contributed by atoms with van der Waals surface area (Å²) >= 11 is 0. The minimum Gasteiger partial charge on any atom is -0.498 e. The zero-order valence-electron chi connectivity index (χ0n) is 19.1. The summed E-state index contributed by atoms with van der Waals surface area (Å²) in [6.45, 7) is 12.1. The number of carbonyl (C=O) groups excluding carboxylic acids is 1. The van der Waals surface area contributed by atoms with Crippen molar-refractivity contribution in [3.8, 4) is 12.1 Å². The molecule has 0 atom stereocenters. The fraction of sp³-hybridized carbons (Fsp3) is 0.375. The van der Waals surface area contributed by atoms with Gasteiger partial charge in [0.15, 0.2) is 0 Å². The first kappa shape index (κ1) is 22.8. The Morgan fingerprint density at radius 3 is 2.44 bits per heavy atom. The summed E-state index contributed by atoms with van der Waals surface area (Å²) in [6.07, 6.45) is 0. The molecule has 2 aromatic rings. The van der Waals surface area contributed by atoms with Gasteiger partial charge in [-0.2, -0.15) is 5.21 Å². The van der Waals surface area contributed by atoms with Gasteiger partial charge in [0.25, 0.3) is 0 Å². The fourth-order valence-electron chi connectivity index (χ4n) is 4.46. The van der Waals surface area contributed by atoms with Crippen molar-refractivity contribution in [1.82, 2.24) is 10.2 Å². The van der Waals surface area contributed by atoms with Gasteiger partial charge in [0.1, 0.15) is 11.1 Å². The van der Waals surface area contributed by atoms with E-state index >= 15 is 0 Å². The van der Waals surface area contributed by atoms with E-state index in [2.05, 4.69) is 32.4 Å². The van der Waals surface area contributed by atoms with Gasteiger partial charge in [-0.25, -0.2) is 4.79 Å². The molecule has 0 bridgehead atoms. The van der Waals surface area contributed by atoms with Crippen molar-refractivity contribution in [2.24, 2.45) is 0 Å². The predicted molar refractivity (Wildman–Crippen MR) is 126 cm³/mol. The Kier molecular flexibility index (Phi) is 6.75. The van der Waals surface area contributed by atoms with E-state index in [1.165, 1.54) is 0 Å². The molecule has 2 amide bonds. The number of nitrogens with one attached hydrogen (secondary N) is 1. The van der Waals surface area contributed by atoms with Gasteiger partial charge in [0.05, 0.1) is 0 Å². The van der Waals surface area contributed by atoms with Crippen molar-refractivity contribution in [1.29, 1.82) is 0 Å². The molecular formula is C24H28N5O3+. The molecule has 1 aliphatic heterocycles. The molecule has 3 rings (SSSR count). The van der Waals surface area contributed by atoms with Crippen molar-refractivity contribution in [2.45, 2.75) is 34.6 Å². The molecule has 8 heteroatoms. The lowest BCUT2D eigenvalue weighted by Gasteiger charge is -2.32. The van der Waals surface area contributed by atoms with Gasteiger partial charge >= 0.3 is 18.2 Å². The molecule has 8 nitrogen and oxygen atoms in total. The summed E-state index contributed by atoms with van der Waals surface area (Å²) in [5, 5.41) is 28.9. The SMILES string of the molecule is Cc1ccc(N(CCN2CCNC2=O)c2c(C)cc(C)c(C#[N+][O-])c2C)c(C)c1C#[N+]O. The van der Waals surface area contributed by atoms with Crippen molar-refractivity contribution in [3.05, 3.63) is 72.4 Å². The standard InChI is InChI=1S/C24H27N5O3/c1-15-6-7-22(18(4)20(15)13-26-31)29(11-10-28-9-8-25-24(28)30)23-17(3)12-16(2)21(14-27-32)19(23)5/h6-7,12H,8-11H2,1-5H3,(H-,25,30,31)/p+1. The molecule has 0 radical (unpaired) electrons. The fourth-order valence-corrected chi connectivity index (χ4v) is 4.46. The monoisotopic (exact) mass is 434 g/mol. The lowest BCUT2D eigenvalue weighted by molar-refractivity contribution is 0.218. The molecule has 2 N–H and O–H groups in total. The summed E-state index contributed by atoms with van der Waals surface area (Å²) < 4.78 is 0. The van der Waals surface area contributed by atoms with Crippen LogP contribution in [0.1, 0.15) is 38.9 Å². The smallest absolute Gasteiger partial charge is 0.388 e. The molecule has 1 heterocycles. The summed E-state index contributed by atoms with van der Waals surface area (Å²) in [5.41, 5.74) is 7.88. The van der Waals surface area contributed by atoms with Crippen LogP contribution in [0.2, 0.25) is 0 Å². The topological polar surface area (TPSA) is 87.6 Å². The Labute approximate surface area is 188 Å². The Morgan fingerprint density at radius 1 is 1.09 bits per heavy atom. The number of nitrogens with zero attached hydrogens (tertiary/aromatic N) is 4. The summed E-state index contributed by atoms with van der Waals surface area (Å²) in [5.74, 6) is 0. The Hall–Kier alpha value is -3.91. The van der Waals surface area contributed by atoms with Gasteiger partial charge in [0.2, 0.25) is 5.01 Å². The van der Waals surface area contributed by atoms with E-state index in [0.717, 1.165) is 39.2 Å². The highest BCUT2D eigenvalue weighted by Gasteiger charge is 2.25. The van der Waals surface area contributed by atoms with Crippen LogP contribution in [0, 0.1) is 52.0 Å². The van der Waals surface area contributed by atoms with E-state index in [0.29, 0.717) is 37.3 Å². The number of benzene rings is 2.